The molecule has 558 valence electrons. The molecule has 0 saturated heterocycles. The van der Waals surface area contributed by atoms with Gasteiger partial charge in [-0.15, -0.1) is 0 Å². The molecule has 0 aliphatic rings. The first-order valence-corrected chi connectivity index (χ1v) is 41.9. The van der Waals surface area contributed by atoms with Gasteiger partial charge in [0.2, 0.25) is 0 Å². The maximum absolute atomic E-state index is 13.1. The molecule has 0 heterocycles. The van der Waals surface area contributed by atoms with Gasteiger partial charge in [-0.3, -0.25) is 37.3 Å². The van der Waals surface area contributed by atoms with Crippen molar-refractivity contribution in [1.82, 2.24) is 0 Å². The zero-order chi connectivity index (χ0) is 69.4. The average Bonchev–Trinajstić information content (AvgIpc) is 2.59. The molecule has 17 nitrogen and oxygen atoms in total. The molecule has 0 bridgehead atoms. The van der Waals surface area contributed by atoms with E-state index in [4.69, 9.17) is 37.0 Å². The number of aliphatic hydroxyl groups excluding tert-OH is 1. The summed E-state index contributed by atoms with van der Waals surface area (Å²) >= 11 is 0. The van der Waals surface area contributed by atoms with E-state index in [-0.39, 0.29) is 25.7 Å². The molecule has 3 N–H and O–H groups in total. The van der Waals surface area contributed by atoms with Crippen LogP contribution in [0.4, 0.5) is 0 Å². The number of aliphatic hydroxyl groups is 1. The van der Waals surface area contributed by atoms with Crippen LogP contribution in [0.2, 0.25) is 0 Å². The molecule has 94 heavy (non-hydrogen) atoms. The molecule has 0 aliphatic carbocycles. The molecule has 19 heteroatoms. The lowest BCUT2D eigenvalue weighted by atomic mass is 9.99. The second-order valence-electron chi connectivity index (χ2n) is 28.0. The molecule has 0 amide bonds. The number of phosphoric acid groups is 2. The van der Waals surface area contributed by atoms with Crippen molar-refractivity contribution in [2.45, 2.75) is 401 Å². The number of carbonyl (C=O) groups excluding carboxylic acids is 4. The minimum absolute atomic E-state index is 0.105. The highest BCUT2D eigenvalue weighted by molar-refractivity contribution is 7.47. The predicted octanol–water partition coefficient (Wildman–Crippen LogP) is 21.8. The van der Waals surface area contributed by atoms with Gasteiger partial charge in [-0.2, -0.15) is 0 Å². The molecule has 0 aliphatic heterocycles. The summed E-state index contributed by atoms with van der Waals surface area (Å²) in [5.41, 5.74) is 0. The highest BCUT2D eigenvalue weighted by Gasteiger charge is 2.30. The molecule has 0 aromatic heterocycles. The lowest BCUT2D eigenvalue weighted by Gasteiger charge is -2.21. The third-order valence-electron chi connectivity index (χ3n) is 18.1. The van der Waals surface area contributed by atoms with Crippen molar-refractivity contribution in [2.75, 3.05) is 39.6 Å². The fraction of sp³-hybridized carbons (Fsp3) is 0.947. The summed E-state index contributed by atoms with van der Waals surface area (Å²) in [6.07, 6.45) is 51.1. The molecular formula is C75H146O17P2. The Kier molecular flexibility index (Phi) is 64.3. The van der Waals surface area contributed by atoms with Crippen molar-refractivity contribution < 1.29 is 80.2 Å². The van der Waals surface area contributed by atoms with Crippen molar-refractivity contribution in [3.8, 4) is 0 Å². The van der Waals surface area contributed by atoms with Crippen molar-refractivity contribution >= 4 is 39.5 Å². The van der Waals surface area contributed by atoms with Crippen LogP contribution in [-0.4, -0.2) is 96.7 Å². The standard InChI is InChI=1S/C75H146O17P2/c1-8-11-12-13-14-15-16-17-18-19-20-28-37-44-51-58-74(79)91-70(62-85-72(77)56-49-42-35-27-24-22-26-33-40-47-54-67(6)9-2)64-89-93(81,82)87-60-69(76)61-88-94(83,84)90-65-71(63-86-73(78)57-50-43-36-31-30-34-41-48-55-68(7)10-3)92-75(80)59-52-45-38-29-23-21-25-32-39-46-53-66(4)5/h66-71,76H,8-65H2,1-7H3,(H,81,82)(H,83,84)/t67?,68?,69-,70-,71-/m1/s1. The van der Waals surface area contributed by atoms with Crippen LogP contribution in [0.3, 0.4) is 0 Å². The largest absolute Gasteiger partial charge is 0.472 e. The summed E-state index contributed by atoms with van der Waals surface area (Å²) in [7, 11) is -9.91. The Bertz CT molecular complexity index is 1840. The number of esters is 4. The molecule has 0 spiro atoms. The molecule has 0 rings (SSSR count). The van der Waals surface area contributed by atoms with E-state index in [2.05, 4.69) is 48.5 Å². The summed E-state index contributed by atoms with van der Waals surface area (Å²) in [6.45, 7) is 11.9. The topological polar surface area (TPSA) is 237 Å². The van der Waals surface area contributed by atoms with Crippen LogP contribution in [0.1, 0.15) is 382 Å². The quantitative estimate of drug-likeness (QED) is 0.0222. The second-order valence-corrected chi connectivity index (χ2v) is 30.9. The van der Waals surface area contributed by atoms with Gasteiger partial charge in [0.05, 0.1) is 26.4 Å². The fourth-order valence-corrected chi connectivity index (χ4v) is 12.9. The summed E-state index contributed by atoms with van der Waals surface area (Å²) in [4.78, 5) is 72.8. The van der Waals surface area contributed by atoms with Crippen LogP contribution in [0, 0.1) is 17.8 Å². The van der Waals surface area contributed by atoms with E-state index in [1.54, 1.807) is 0 Å². The fourth-order valence-electron chi connectivity index (χ4n) is 11.4. The molecule has 0 fully saturated rings. The van der Waals surface area contributed by atoms with Crippen LogP contribution in [0.25, 0.3) is 0 Å². The van der Waals surface area contributed by atoms with Crippen molar-refractivity contribution in [3.05, 3.63) is 0 Å². The Balaban J connectivity index is 5.28. The Morgan fingerprint density at radius 3 is 0.809 bits per heavy atom. The molecule has 4 unspecified atom stereocenters. The van der Waals surface area contributed by atoms with Crippen molar-refractivity contribution in [3.63, 3.8) is 0 Å². The smallest absolute Gasteiger partial charge is 0.462 e. The number of hydrogen-bond donors (Lipinski definition) is 3. The Hall–Kier alpha value is -1.94. The van der Waals surface area contributed by atoms with Gasteiger partial charge in [0, 0.05) is 25.7 Å². The SMILES string of the molecule is CCCCCCCCCCCCCCCCCC(=O)O[C@H](COC(=O)CCCCCCCCCCCCC(C)CC)COP(=O)(O)OC[C@@H](O)COP(=O)(O)OC[C@@H](COC(=O)CCCCCCCCCCC(C)CC)OC(=O)CCCCCCCCCCCCC(C)C. The van der Waals surface area contributed by atoms with Crippen LogP contribution in [-0.2, 0) is 65.4 Å². The van der Waals surface area contributed by atoms with Gasteiger partial charge in [-0.25, -0.2) is 9.13 Å². The Labute approximate surface area is 575 Å². The summed E-state index contributed by atoms with van der Waals surface area (Å²) < 4.78 is 68.5. The summed E-state index contributed by atoms with van der Waals surface area (Å²) in [5.74, 6) is 0.221. The predicted molar refractivity (Wildman–Crippen MR) is 381 cm³/mol. The lowest BCUT2D eigenvalue weighted by molar-refractivity contribution is -0.161. The highest BCUT2D eigenvalue weighted by Crippen LogP contribution is 2.45. The van der Waals surface area contributed by atoms with Gasteiger partial charge >= 0.3 is 39.5 Å². The zero-order valence-corrected chi connectivity index (χ0v) is 63.2. The molecule has 0 aromatic rings. The molecule has 7 atom stereocenters. The van der Waals surface area contributed by atoms with Crippen LogP contribution < -0.4 is 0 Å². The van der Waals surface area contributed by atoms with Gasteiger partial charge in [-0.05, 0) is 43.4 Å². The van der Waals surface area contributed by atoms with Gasteiger partial charge in [0.15, 0.2) is 12.2 Å². The number of hydrogen-bond acceptors (Lipinski definition) is 15. The third-order valence-corrected chi connectivity index (χ3v) is 20.0. The molecule has 0 saturated carbocycles. The maximum atomic E-state index is 13.1. The average molecular weight is 1380 g/mol. The second kappa shape index (κ2) is 65.7. The zero-order valence-electron chi connectivity index (χ0n) is 61.4. The first-order valence-electron chi connectivity index (χ1n) is 38.9. The number of ether oxygens (including phenoxy) is 4. The van der Waals surface area contributed by atoms with E-state index < -0.39 is 97.5 Å². The van der Waals surface area contributed by atoms with E-state index >= 15 is 0 Å². The van der Waals surface area contributed by atoms with Gasteiger partial charge in [-0.1, -0.05) is 331 Å². The Morgan fingerprint density at radius 1 is 0.309 bits per heavy atom. The molecule has 0 aromatic carbocycles. The van der Waals surface area contributed by atoms with Crippen LogP contribution >= 0.6 is 15.6 Å². The first-order chi connectivity index (χ1) is 45.3. The molecular weight excluding hydrogens is 1230 g/mol. The van der Waals surface area contributed by atoms with E-state index in [1.165, 1.54) is 193 Å². The lowest BCUT2D eigenvalue weighted by Crippen LogP contribution is -2.30. The van der Waals surface area contributed by atoms with E-state index in [0.717, 1.165) is 108 Å². The maximum Gasteiger partial charge on any atom is 0.472 e. The number of rotatable bonds is 73. The Morgan fingerprint density at radius 2 is 0.543 bits per heavy atom. The van der Waals surface area contributed by atoms with Crippen LogP contribution in [0.5, 0.6) is 0 Å². The number of unbranched alkanes of at least 4 members (excludes halogenated alkanes) is 39. The van der Waals surface area contributed by atoms with Gasteiger partial charge in [0.25, 0.3) is 0 Å². The van der Waals surface area contributed by atoms with E-state index in [9.17, 15) is 43.2 Å². The summed E-state index contributed by atoms with van der Waals surface area (Å²) in [5, 5.41) is 10.6. The highest BCUT2D eigenvalue weighted by atomic mass is 31.2. The van der Waals surface area contributed by atoms with E-state index in [1.807, 2.05) is 0 Å². The first kappa shape index (κ1) is 92.1. The summed E-state index contributed by atoms with van der Waals surface area (Å²) in [6, 6.07) is 0. The van der Waals surface area contributed by atoms with Crippen molar-refractivity contribution in [1.29, 1.82) is 0 Å². The number of carbonyl (C=O) groups is 4. The monoisotopic (exact) mass is 1380 g/mol. The molecule has 0 radical (unpaired) electrons. The van der Waals surface area contributed by atoms with Crippen LogP contribution in [0.15, 0.2) is 0 Å². The third kappa shape index (κ3) is 66.0. The number of phosphoric ester groups is 2. The van der Waals surface area contributed by atoms with Gasteiger partial charge in [0.1, 0.15) is 19.3 Å². The minimum Gasteiger partial charge on any atom is -0.462 e. The van der Waals surface area contributed by atoms with E-state index in [0.29, 0.717) is 25.7 Å². The normalized spacial score (nSPS) is 14.7. The van der Waals surface area contributed by atoms with Crippen molar-refractivity contribution in [2.24, 2.45) is 17.8 Å². The van der Waals surface area contributed by atoms with Gasteiger partial charge < -0.3 is 33.8 Å². The minimum atomic E-state index is -4.96.